The summed E-state index contributed by atoms with van der Waals surface area (Å²) >= 11 is 0. The molecule has 4 heteroatoms. The molecule has 2 rings (SSSR count). The van der Waals surface area contributed by atoms with E-state index in [2.05, 4.69) is 36.9 Å². The van der Waals surface area contributed by atoms with Gasteiger partial charge in [0.2, 0.25) is 0 Å². The molecule has 1 aromatic carbocycles. The molecule has 0 N–H and O–H groups in total. The largest absolute Gasteiger partial charge is 0.372 e. The minimum absolute atomic E-state index is 0.234. The standard InChI is InChI=1S/C25H28N4/c1-3-5-15-29(16-6-4-2)24-13-11-22(12-14-24)25(19-28)21-9-7-20(8-10-21)23(17-26)18-27/h7-14,20,23H,3-6,15-16H2,1-2H3. The lowest BCUT2D eigenvalue weighted by Gasteiger charge is -2.25. The first-order valence-corrected chi connectivity index (χ1v) is 10.3. The number of anilines is 1. The first-order chi connectivity index (χ1) is 14.2. The first-order valence-electron chi connectivity index (χ1n) is 10.3. The smallest absolute Gasteiger partial charge is 0.143 e. The monoisotopic (exact) mass is 384 g/mol. The molecule has 1 aliphatic carbocycles. The van der Waals surface area contributed by atoms with Crippen molar-refractivity contribution in [2.45, 2.75) is 39.5 Å². The van der Waals surface area contributed by atoms with Crippen LogP contribution in [-0.4, -0.2) is 13.1 Å². The van der Waals surface area contributed by atoms with E-state index >= 15 is 0 Å². The molecule has 0 amide bonds. The summed E-state index contributed by atoms with van der Waals surface area (Å²) in [6, 6.07) is 14.5. The zero-order valence-corrected chi connectivity index (χ0v) is 17.3. The topological polar surface area (TPSA) is 74.6 Å². The third kappa shape index (κ3) is 5.84. The van der Waals surface area contributed by atoms with Crippen molar-refractivity contribution in [3.8, 4) is 18.2 Å². The maximum Gasteiger partial charge on any atom is 0.143 e. The fraction of sp³-hybridized carbons (Fsp3) is 0.400. The van der Waals surface area contributed by atoms with Gasteiger partial charge in [0.25, 0.3) is 0 Å². The molecule has 0 saturated heterocycles. The van der Waals surface area contributed by atoms with Gasteiger partial charge in [0.05, 0.1) is 17.7 Å². The summed E-state index contributed by atoms with van der Waals surface area (Å²) in [6.45, 7) is 6.51. The molecule has 0 radical (unpaired) electrons. The minimum Gasteiger partial charge on any atom is -0.372 e. The summed E-state index contributed by atoms with van der Waals surface area (Å²) in [6.07, 6.45) is 12.0. The van der Waals surface area contributed by atoms with Crippen LogP contribution < -0.4 is 4.90 Å². The normalized spacial score (nSPS) is 14.9. The van der Waals surface area contributed by atoms with Crippen LogP contribution in [0.3, 0.4) is 0 Å². The molecule has 1 aliphatic rings. The quantitative estimate of drug-likeness (QED) is 0.506. The van der Waals surface area contributed by atoms with Crippen LogP contribution in [0.2, 0.25) is 0 Å². The molecule has 0 saturated carbocycles. The molecule has 0 spiro atoms. The van der Waals surface area contributed by atoms with Gasteiger partial charge in [-0.15, -0.1) is 0 Å². The molecular weight excluding hydrogens is 356 g/mol. The Balaban J connectivity index is 2.23. The lowest BCUT2D eigenvalue weighted by Crippen LogP contribution is -2.25. The van der Waals surface area contributed by atoms with Crippen LogP contribution in [-0.2, 0) is 0 Å². The van der Waals surface area contributed by atoms with Gasteiger partial charge >= 0.3 is 0 Å². The molecule has 0 bridgehead atoms. The molecule has 0 aromatic heterocycles. The van der Waals surface area contributed by atoms with E-state index in [0.29, 0.717) is 5.57 Å². The predicted octanol–water partition coefficient (Wildman–Crippen LogP) is 5.78. The summed E-state index contributed by atoms with van der Waals surface area (Å²) in [5, 5.41) is 27.8. The highest BCUT2D eigenvalue weighted by molar-refractivity contribution is 5.83. The molecular formula is C25H28N4. The van der Waals surface area contributed by atoms with Crippen LogP contribution in [0.5, 0.6) is 0 Å². The van der Waals surface area contributed by atoms with Crippen LogP contribution >= 0.6 is 0 Å². The van der Waals surface area contributed by atoms with Gasteiger partial charge in [0.15, 0.2) is 0 Å². The minimum atomic E-state index is -0.703. The van der Waals surface area contributed by atoms with E-state index in [-0.39, 0.29) is 5.92 Å². The second-order valence-corrected chi connectivity index (χ2v) is 7.21. The highest BCUT2D eigenvalue weighted by atomic mass is 15.1. The third-order valence-electron chi connectivity index (χ3n) is 5.14. The number of allylic oxidation sites excluding steroid dienone is 6. The fourth-order valence-corrected chi connectivity index (χ4v) is 3.34. The van der Waals surface area contributed by atoms with Crippen LogP contribution in [0.15, 0.2) is 54.1 Å². The summed E-state index contributed by atoms with van der Waals surface area (Å²) in [5.41, 5.74) is 3.47. The Morgan fingerprint density at radius 3 is 1.93 bits per heavy atom. The van der Waals surface area contributed by atoms with Gasteiger partial charge in [-0.1, -0.05) is 63.1 Å². The number of nitrogens with zero attached hydrogens (tertiary/aromatic N) is 4. The average molecular weight is 385 g/mol. The lowest BCUT2D eigenvalue weighted by molar-refractivity contribution is 0.678. The zero-order valence-electron chi connectivity index (χ0n) is 17.3. The van der Waals surface area contributed by atoms with Crippen molar-refractivity contribution in [3.05, 3.63) is 59.7 Å². The number of rotatable bonds is 9. The summed E-state index contributed by atoms with van der Waals surface area (Å²) in [5.74, 6) is -0.937. The van der Waals surface area contributed by atoms with Crippen molar-refractivity contribution in [1.82, 2.24) is 0 Å². The molecule has 0 heterocycles. The Kier molecular flexibility index (Phi) is 8.75. The van der Waals surface area contributed by atoms with Gasteiger partial charge in [-0.25, -0.2) is 0 Å². The van der Waals surface area contributed by atoms with Gasteiger partial charge in [0, 0.05) is 24.7 Å². The molecule has 0 atom stereocenters. The number of benzene rings is 1. The maximum absolute atomic E-state index is 9.72. The van der Waals surface area contributed by atoms with Crippen molar-refractivity contribution in [2.75, 3.05) is 18.0 Å². The molecule has 0 aliphatic heterocycles. The zero-order chi connectivity index (χ0) is 21.1. The van der Waals surface area contributed by atoms with Crippen LogP contribution in [0.1, 0.15) is 45.1 Å². The van der Waals surface area contributed by atoms with E-state index in [1.165, 1.54) is 31.4 Å². The van der Waals surface area contributed by atoms with E-state index in [9.17, 15) is 5.26 Å². The summed E-state index contributed by atoms with van der Waals surface area (Å²) in [7, 11) is 0. The van der Waals surface area contributed by atoms with Gasteiger partial charge in [0.1, 0.15) is 12.0 Å². The Hall–Kier alpha value is -3.29. The number of nitriles is 3. The molecule has 1 aromatic rings. The number of unbranched alkanes of at least 4 members (excludes halogenated alkanes) is 2. The fourth-order valence-electron chi connectivity index (χ4n) is 3.34. The van der Waals surface area contributed by atoms with Crippen molar-refractivity contribution in [1.29, 1.82) is 15.8 Å². The molecule has 29 heavy (non-hydrogen) atoms. The van der Waals surface area contributed by atoms with E-state index in [4.69, 9.17) is 10.5 Å². The highest BCUT2D eigenvalue weighted by Gasteiger charge is 2.18. The molecule has 148 valence electrons. The maximum atomic E-state index is 9.72. The molecule has 0 fully saturated rings. The van der Waals surface area contributed by atoms with Gasteiger partial charge in [-0.05, 0) is 36.1 Å². The van der Waals surface area contributed by atoms with E-state index in [0.717, 1.165) is 24.2 Å². The highest BCUT2D eigenvalue weighted by Crippen LogP contribution is 2.28. The SMILES string of the molecule is CCCCN(CCCC)c1ccc(C(C#N)=C2C=CC(C(C#N)C#N)C=C2)cc1. The second kappa shape index (κ2) is 11.5. The number of hydrogen-bond donors (Lipinski definition) is 0. The van der Waals surface area contributed by atoms with Crippen LogP contribution in [0.25, 0.3) is 5.57 Å². The average Bonchev–Trinajstić information content (AvgIpc) is 2.77. The van der Waals surface area contributed by atoms with E-state index in [1.807, 2.05) is 48.6 Å². The Morgan fingerprint density at radius 1 is 0.931 bits per heavy atom. The summed E-state index contributed by atoms with van der Waals surface area (Å²) < 4.78 is 0. The molecule has 4 nitrogen and oxygen atoms in total. The number of hydrogen-bond acceptors (Lipinski definition) is 4. The Labute approximate surface area is 174 Å². The van der Waals surface area contributed by atoms with Crippen LogP contribution in [0, 0.1) is 45.8 Å². The predicted molar refractivity (Wildman–Crippen MR) is 117 cm³/mol. The first kappa shape index (κ1) is 22.0. The van der Waals surface area contributed by atoms with E-state index in [1.54, 1.807) is 0 Å². The van der Waals surface area contributed by atoms with Gasteiger partial charge in [-0.2, -0.15) is 15.8 Å². The van der Waals surface area contributed by atoms with Crippen molar-refractivity contribution in [3.63, 3.8) is 0 Å². The van der Waals surface area contributed by atoms with Crippen molar-refractivity contribution in [2.24, 2.45) is 11.8 Å². The Bertz CT molecular complexity index is 847. The third-order valence-corrected chi connectivity index (χ3v) is 5.14. The van der Waals surface area contributed by atoms with Crippen LogP contribution in [0.4, 0.5) is 5.69 Å². The van der Waals surface area contributed by atoms with Crippen molar-refractivity contribution < 1.29 is 0 Å². The summed E-state index contributed by atoms with van der Waals surface area (Å²) in [4.78, 5) is 2.42. The van der Waals surface area contributed by atoms with Gasteiger partial charge < -0.3 is 4.90 Å². The van der Waals surface area contributed by atoms with E-state index < -0.39 is 5.92 Å². The van der Waals surface area contributed by atoms with Crippen molar-refractivity contribution >= 4 is 11.3 Å². The van der Waals surface area contributed by atoms with Gasteiger partial charge in [-0.3, -0.25) is 0 Å². The Morgan fingerprint density at radius 2 is 1.48 bits per heavy atom. The second-order valence-electron chi connectivity index (χ2n) is 7.21. The molecule has 0 unspecified atom stereocenters. The lowest BCUT2D eigenvalue weighted by atomic mass is 9.88.